The van der Waals surface area contributed by atoms with Gasteiger partial charge in [-0.15, -0.1) is 11.3 Å². The maximum absolute atomic E-state index is 4.72. The molecule has 1 saturated heterocycles. The smallest absolute Gasteiger partial charge is 0.191 e. The summed E-state index contributed by atoms with van der Waals surface area (Å²) in [4.78, 5) is 12.9. The zero-order chi connectivity index (χ0) is 18.4. The molecular formula is C20H29N5S. The van der Waals surface area contributed by atoms with Gasteiger partial charge in [0.25, 0.3) is 0 Å². The maximum atomic E-state index is 4.72. The summed E-state index contributed by atoms with van der Waals surface area (Å²) in [6.07, 6.45) is 3.05. The number of nitrogens with zero attached hydrogens (tertiary/aromatic N) is 3. The third kappa shape index (κ3) is 5.29. The van der Waals surface area contributed by atoms with E-state index >= 15 is 0 Å². The van der Waals surface area contributed by atoms with Crippen LogP contribution in [0.3, 0.4) is 0 Å². The first-order chi connectivity index (χ1) is 12.6. The summed E-state index contributed by atoms with van der Waals surface area (Å²) in [5.41, 5.74) is 1.37. The molecule has 1 aromatic carbocycles. The highest BCUT2D eigenvalue weighted by Gasteiger charge is 2.29. The molecule has 0 radical (unpaired) electrons. The molecule has 2 unspecified atom stereocenters. The molecule has 6 heteroatoms. The molecule has 1 fully saturated rings. The number of likely N-dealkylation sites (tertiary alicyclic amines) is 1. The van der Waals surface area contributed by atoms with E-state index in [4.69, 9.17) is 4.99 Å². The topological polar surface area (TPSA) is 52.6 Å². The van der Waals surface area contributed by atoms with Crippen LogP contribution in [0.15, 0.2) is 41.5 Å². The first kappa shape index (κ1) is 18.9. The van der Waals surface area contributed by atoms with Crippen LogP contribution in [0, 0.1) is 6.92 Å². The van der Waals surface area contributed by atoms with Crippen molar-refractivity contribution < 1.29 is 0 Å². The average molecular weight is 372 g/mol. The third-order valence-electron chi connectivity index (χ3n) is 4.66. The molecule has 140 valence electrons. The van der Waals surface area contributed by atoms with Crippen LogP contribution in [0.4, 0.5) is 0 Å². The van der Waals surface area contributed by atoms with Crippen molar-refractivity contribution in [1.29, 1.82) is 0 Å². The molecule has 3 rings (SSSR count). The molecule has 1 aliphatic rings. The summed E-state index contributed by atoms with van der Waals surface area (Å²) in [7, 11) is 0. The van der Waals surface area contributed by atoms with Gasteiger partial charge in [-0.25, -0.2) is 9.98 Å². The highest BCUT2D eigenvalue weighted by molar-refractivity contribution is 7.11. The normalized spacial score (nSPS) is 21.1. The van der Waals surface area contributed by atoms with Crippen LogP contribution in [0.1, 0.15) is 35.7 Å². The Bertz CT molecular complexity index is 712. The summed E-state index contributed by atoms with van der Waals surface area (Å²) in [6, 6.07) is 11.7. The van der Waals surface area contributed by atoms with Crippen LogP contribution in [0.2, 0.25) is 0 Å². The summed E-state index contributed by atoms with van der Waals surface area (Å²) >= 11 is 1.71. The molecule has 2 heterocycles. The zero-order valence-electron chi connectivity index (χ0n) is 15.9. The Morgan fingerprint density at radius 2 is 2.15 bits per heavy atom. The standard InChI is InChI=1S/C20H29N5S/c1-4-21-20(23-12-19-22-11-16(3)26-19)24-18-10-15(2)25(14-18)13-17-8-6-5-7-9-17/h5-9,11,15,18H,4,10,12-14H2,1-3H3,(H2,21,23,24). The Morgan fingerprint density at radius 1 is 1.35 bits per heavy atom. The van der Waals surface area contributed by atoms with Crippen LogP contribution in [0.25, 0.3) is 0 Å². The molecule has 0 saturated carbocycles. The van der Waals surface area contributed by atoms with E-state index < -0.39 is 0 Å². The number of nitrogens with one attached hydrogen (secondary N) is 2. The fraction of sp³-hybridized carbons (Fsp3) is 0.500. The molecule has 0 aliphatic carbocycles. The summed E-state index contributed by atoms with van der Waals surface area (Å²) in [5.74, 6) is 0.888. The van der Waals surface area contributed by atoms with Crippen LogP contribution in [-0.2, 0) is 13.1 Å². The molecule has 26 heavy (non-hydrogen) atoms. The second kappa shape index (κ2) is 9.14. The van der Waals surface area contributed by atoms with Gasteiger partial charge < -0.3 is 10.6 Å². The first-order valence-corrected chi connectivity index (χ1v) is 10.2. The number of aryl methyl sites for hydroxylation is 1. The van der Waals surface area contributed by atoms with Gasteiger partial charge in [0.2, 0.25) is 0 Å². The Labute approximate surface area is 160 Å². The number of guanidine groups is 1. The Hall–Kier alpha value is -1.92. The van der Waals surface area contributed by atoms with Gasteiger partial charge in [0.05, 0.1) is 6.54 Å². The quantitative estimate of drug-likeness (QED) is 0.605. The molecule has 2 atom stereocenters. The average Bonchev–Trinajstić information content (AvgIpc) is 3.19. The fourth-order valence-electron chi connectivity index (χ4n) is 3.38. The van der Waals surface area contributed by atoms with E-state index in [0.29, 0.717) is 18.6 Å². The summed E-state index contributed by atoms with van der Waals surface area (Å²) in [6.45, 7) is 10.0. The Balaban J connectivity index is 1.57. The van der Waals surface area contributed by atoms with Crippen LogP contribution in [-0.4, -0.2) is 41.0 Å². The van der Waals surface area contributed by atoms with Gasteiger partial charge in [0.1, 0.15) is 5.01 Å². The Morgan fingerprint density at radius 3 is 2.85 bits per heavy atom. The van der Waals surface area contributed by atoms with Crippen molar-refractivity contribution in [3.8, 4) is 0 Å². The van der Waals surface area contributed by atoms with Crippen molar-refractivity contribution in [3.05, 3.63) is 52.0 Å². The van der Waals surface area contributed by atoms with Gasteiger partial charge in [-0.1, -0.05) is 30.3 Å². The fourth-order valence-corrected chi connectivity index (χ4v) is 4.09. The van der Waals surface area contributed by atoms with Crippen molar-refractivity contribution in [2.45, 2.75) is 52.4 Å². The van der Waals surface area contributed by atoms with Gasteiger partial charge in [-0.3, -0.25) is 4.90 Å². The minimum absolute atomic E-state index is 0.421. The lowest BCUT2D eigenvalue weighted by Crippen LogP contribution is -2.44. The predicted octanol–water partition coefficient (Wildman–Crippen LogP) is 3.17. The molecule has 0 amide bonds. The maximum Gasteiger partial charge on any atom is 0.191 e. The number of hydrogen-bond donors (Lipinski definition) is 2. The second-order valence-electron chi connectivity index (χ2n) is 6.90. The highest BCUT2D eigenvalue weighted by atomic mass is 32.1. The third-order valence-corrected chi connectivity index (χ3v) is 5.56. The molecular weight excluding hydrogens is 342 g/mol. The minimum atomic E-state index is 0.421. The minimum Gasteiger partial charge on any atom is -0.357 e. The molecule has 2 aromatic rings. The van der Waals surface area contributed by atoms with Gasteiger partial charge in [0, 0.05) is 42.8 Å². The summed E-state index contributed by atoms with van der Waals surface area (Å²) < 4.78 is 0. The Kier molecular flexibility index (Phi) is 6.63. The van der Waals surface area contributed by atoms with Crippen LogP contribution >= 0.6 is 11.3 Å². The van der Waals surface area contributed by atoms with E-state index in [9.17, 15) is 0 Å². The van der Waals surface area contributed by atoms with Crippen molar-refractivity contribution in [2.24, 2.45) is 4.99 Å². The molecule has 5 nitrogen and oxygen atoms in total. The largest absolute Gasteiger partial charge is 0.357 e. The number of hydrogen-bond acceptors (Lipinski definition) is 4. The lowest BCUT2D eigenvalue weighted by Gasteiger charge is -2.21. The molecule has 2 N–H and O–H groups in total. The summed E-state index contributed by atoms with van der Waals surface area (Å²) in [5, 5.41) is 8.04. The van der Waals surface area contributed by atoms with Crippen molar-refractivity contribution >= 4 is 17.3 Å². The highest BCUT2D eigenvalue weighted by Crippen LogP contribution is 2.20. The number of thiazole rings is 1. The van der Waals surface area contributed by atoms with Gasteiger partial charge in [0.15, 0.2) is 5.96 Å². The van der Waals surface area contributed by atoms with E-state index in [1.165, 1.54) is 10.4 Å². The number of aliphatic imine (C=N–C) groups is 1. The van der Waals surface area contributed by atoms with Crippen LogP contribution < -0.4 is 10.6 Å². The van der Waals surface area contributed by atoms with E-state index in [1.54, 1.807) is 11.3 Å². The number of aromatic nitrogens is 1. The number of rotatable bonds is 6. The van der Waals surface area contributed by atoms with Gasteiger partial charge in [-0.05, 0) is 32.8 Å². The molecule has 0 spiro atoms. The van der Waals surface area contributed by atoms with E-state index in [2.05, 4.69) is 71.6 Å². The van der Waals surface area contributed by atoms with E-state index in [1.807, 2.05) is 6.20 Å². The predicted molar refractivity (Wildman–Crippen MR) is 110 cm³/mol. The van der Waals surface area contributed by atoms with E-state index in [0.717, 1.165) is 37.0 Å². The van der Waals surface area contributed by atoms with Gasteiger partial charge >= 0.3 is 0 Å². The monoisotopic (exact) mass is 371 g/mol. The van der Waals surface area contributed by atoms with Crippen LogP contribution in [0.5, 0.6) is 0 Å². The van der Waals surface area contributed by atoms with Crippen molar-refractivity contribution in [3.63, 3.8) is 0 Å². The SMILES string of the molecule is CCNC(=NCc1ncc(C)s1)NC1CC(C)N(Cc2ccccc2)C1. The van der Waals surface area contributed by atoms with Crippen molar-refractivity contribution in [2.75, 3.05) is 13.1 Å². The van der Waals surface area contributed by atoms with E-state index in [-0.39, 0.29) is 0 Å². The van der Waals surface area contributed by atoms with Crippen molar-refractivity contribution in [1.82, 2.24) is 20.5 Å². The molecule has 1 aliphatic heterocycles. The molecule has 1 aromatic heterocycles. The second-order valence-corrected chi connectivity index (χ2v) is 8.22. The van der Waals surface area contributed by atoms with Gasteiger partial charge in [-0.2, -0.15) is 0 Å². The zero-order valence-corrected chi connectivity index (χ0v) is 16.7. The molecule has 0 bridgehead atoms. The lowest BCUT2D eigenvalue weighted by atomic mass is 10.2. The first-order valence-electron chi connectivity index (χ1n) is 9.38. The lowest BCUT2D eigenvalue weighted by molar-refractivity contribution is 0.258. The number of benzene rings is 1.